The van der Waals surface area contributed by atoms with E-state index in [1.807, 2.05) is 48.5 Å². The highest BCUT2D eigenvalue weighted by Gasteiger charge is 2.17. The molecule has 1 saturated heterocycles. The average Bonchev–Trinajstić information content (AvgIpc) is 2.61. The van der Waals surface area contributed by atoms with Crippen molar-refractivity contribution >= 4 is 35.0 Å². The fourth-order valence-corrected chi connectivity index (χ4v) is 3.72. The smallest absolute Gasteiger partial charge is 0.238 e. The van der Waals surface area contributed by atoms with Crippen LogP contribution in [-0.2, 0) is 4.79 Å². The summed E-state index contributed by atoms with van der Waals surface area (Å²) in [5, 5.41) is 3.78. The molecule has 0 saturated carbocycles. The van der Waals surface area contributed by atoms with E-state index in [-0.39, 0.29) is 5.91 Å². The summed E-state index contributed by atoms with van der Waals surface area (Å²) in [7, 11) is 2.11. The van der Waals surface area contributed by atoms with E-state index in [1.165, 1.54) is 0 Å². The molecule has 0 aliphatic carbocycles. The zero-order valence-electron chi connectivity index (χ0n) is 14.2. The zero-order valence-corrected chi connectivity index (χ0v) is 15.8. The summed E-state index contributed by atoms with van der Waals surface area (Å²) in [6, 6.07) is 15.6. The lowest BCUT2D eigenvalue weighted by Gasteiger charge is -2.31. The summed E-state index contributed by atoms with van der Waals surface area (Å²) in [6.07, 6.45) is 0. The second kappa shape index (κ2) is 8.72. The van der Waals surface area contributed by atoms with Crippen LogP contribution in [0.3, 0.4) is 0 Å². The van der Waals surface area contributed by atoms with E-state index >= 15 is 0 Å². The van der Waals surface area contributed by atoms with Gasteiger partial charge in [0.05, 0.1) is 12.2 Å². The van der Waals surface area contributed by atoms with E-state index in [0.717, 1.165) is 46.7 Å². The largest absolute Gasteiger partial charge is 0.324 e. The van der Waals surface area contributed by atoms with E-state index in [9.17, 15) is 4.79 Å². The number of carbonyl (C=O) groups is 1. The minimum absolute atomic E-state index is 0.0358. The third-order valence-electron chi connectivity index (χ3n) is 4.17. The molecule has 1 fully saturated rings. The van der Waals surface area contributed by atoms with E-state index < -0.39 is 0 Å². The first kappa shape index (κ1) is 18.3. The molecule has 1 aliphatic rings. The molecule has 0 aromatic heterocycles. The number of anilines is 1. The first-order valence-corrected chi connectivity index (χ1v) is 9.53. The molecule has 1 N–H and O–H groups in total. The molecule has 132 valence electrons. The molecule has 0 spiro atoms. The lowest BCUT2D eigenvalue weighted by Crippen LogP contribution is -2.47. The van der Waals surface area contributed by atoms with Crippen LogP contribution in [0.15, 0.2) is 58.3 Å². The molecule has 1 heterocycles. The predicted molar refractivity (Wildman–Crippen MR) is 105 cm³/mol. The predicted octanol–water partition coefficient (Wildman–Crippen LogP) is 3.68. The van der Waals surface area contributed by atoms with Gasteiger partial charge in [-0.2, -0.15) is 0 Å². The number of halogens is 1. The Labute approximate surface area is 158 Å². The summed E-state index contributed by atoms with van der Waals surface area (Å²) in [5.41, 5.74) is 0.849. The van der Waals surface area contributed by atoms with Gasteiger partial charge in [-0.15, -0.1) is 0 Å². The molecular formula is C19H22ClN3OS. The van der Waals surface area contributed by atoms with Gasteiger partial charge in [0, 0.05) is 41.0 Å². The third-order valence-corrected chi connectivity index (χ3v) is 5.50. The van der Waals surface area contributed by atoms with Crippen LogP contribution in [0.4, 0.5) is 5.69 Å². The Kier molecular flexibility index (Phi) is 6.37. The number of likely N-dealkylation sites (N-methyl/N-ethyl adjacent to an activating group) is 1. The average molecular weight is 376 g/mol. The van der Waals surface area contributed by atoms with Gasteiger partial charge in [-0.3, -0.25) is 9.69 Å². The second-order valence-corrected chi connectivity index (χ2v) is 7.73. The molecule has 4 nitrogen and oxygen atoms in total. The molecule has 1 aliphatic heterocycles. The van der Waals surface area contributed by atoms with Crippen molar-refractivity contribution in [2.75, 3.05) is 45.1 Å². The van der Waals surface area contributed by atoms with Crippen LogP contribution < -0.4 is 5.32 Å². The van der Waals surface area contributed by atoms with Crippen LogP contribution in [0, 0.1) is 0 Å². The highest BCUT2D eigenvalue weighted by molar-refractivity contribution is 7.99. The van der Waals surface area contributed by atoms with Crippen LogP contribution >= 0.6 is 23.4 Å². The summed E-state index contributed by atoms with van der Waals surface area (Å²) >= 11 is 7.56. The van der Waals surface area contributed by atoms with Gasteiger partial charge in [-0.1, -0.05) is 35.5 Å². The number of piperazine rings is 1. The zero-order chi connectivity index (χ0) is 17.6. The van der Waals surface area contributed by atoms with Gasteiger partial charge >= 0.3 is 0 Å². The van der Waals surface area contributed by atoms with Gasteiger partial charge in [0.2, 0.25) is 5.91 Å². The highest BCUT2D eigenvalue weighted by atomic mass is 35.5. The minimum Gasteiger partial charge on any atom is -0.324 e. The Morgan fingerprint density at radius 2 is 1.76 bits per heavy atom. The van der Waals surface area contributed by atoms with Crippen molar-refractivity contribution in [3.63, 3.8) is 0 Å². The van der Waals surface area contributed by atoms with Gasteiger partial charge in [0.15, 0.2) is 0 Å². The van der Waals surface area contributed by atoms with Gasteiger partial charge < -0.3 is 10.2 Å². The lowest BCUT2D eigenvalue weighted by atomic mass is 10.3. The van der Waals surface area contributed by atoms with Crippen LogP contribution in [0.5, 0.6) is 0 Å². The number of nitrogens with zero attached hydrogens (tertiary/aromatic N) is 2. The number of carbonyl (C=O) groups excluding carboxylic acids is 1. The molecule has 6 heteroatoms. The van der Waals surface area contributed by atoms with E-state index in [2.05, 4.69) is 22.2 Å². The van der Waals surface area contributed by atoms with Gasteiger partial charge in [0.1, 0.15) is 0 Å². The normalized spacial score (nSPS) is 15.9. The Morgan fingerprint density at radius 3 is 2.48 bits per heavy atom. The Hall–Kier alpha value is -1.53. The van der Waals surface area contributed by atoms with Crippen LogP contribution in [0.25, 0.3) is 0 Å². The van der Waals surface area contributed by atoms with Crippen molar-refractivity contribution in [3.05, 3.63) is 53.6 Å². The maximum Gasteiger partial charge on any atom is 0.238 e. The van der Waals surface area contributed by atoms with Crippen molar-refractivity contribution in [1.29, 1.82) is 0 Å². The molecule has 1 amide bonds. The number of nitrogens with one attached hydrogen (secondary N) is 1. The summed E-state index contributed by atoms with van der Waals surface area (Å²) in [5.74, 6) is 0.0358. The molecule has 0 bridgehead atoms. The first-order valence-electron chi connectivity index (χ1n) is 8.33. The van der Waals surface area contributed by atoms with Crippen LogP contribution in [0.1, 0.15) is 0 Å². The van der Waals surface area contributed by atoms with Crippen LogP contribution in [-0.4, -0.2) is 55.5 Å². The molecule has 0 unspecified atom stereocenters. The number of amides is 1. The maximum atomic E-state index is 12.4. The minimum atomic E-state index is 0.0358. The lowest BCUT2D eigenvalue weighted by molar-refractivity contribution is -0.117. The molecule has 3 rings (SSSR count). The standard InChI is InChI=1S/C19H22ClN3OS/c1-22-10-12-23(13-11-22)14-19(24)21-17-4-2-3-5-18(17)25-16-8-6-15(20)7-9-16/h2-9H,10-14H2,1H3,(H,21,24). The molecule has 2 aromatic carbocycles. The van der Waals surface area contributed by atoms with Crippen LogP contribution in [0.2, 0.25) is 5.02 Å². The van der Waals surface area contributed by atoms with Crippen molar-refractivity contribution in [2.24, 2.45) is 0 Å². The number of hydrogen-bond donors (Lipinski definition) is 1. The summed E-state index contributed by atoms with van der Waals surface area (Å²) in [6.45, 7) is 4.33. The second-order valence-electron chi connectivity index (χ2n) is 6.18. The number of para-hydroxylation sites is 1. The van der Waals surface area contributed by atoms with Gasteiger partial charge in [-0.05, 0) is 43.4 Å². The van der Waals surface area contributed by atoms with E-state index in [4.69, 9.17) is 11.6 Å². The van der Waals surface area contributed by atoms with Gasteiger partial charge in [-0.25, -0.2) is 0 Å². The molecule has 0 radical (unpaired) electrons. The first-order chi connectivity index (χ1) is 12.1. The van der Waals surface area contributed by atoms with E-state index in [0.29, 0.717) is 6.54 Å². The van der Waals surface area contributed by atoms with Gasteiger partial charge in [0.25, 0.3) is 0 Å². The Morgan fingerprint density at radius 1 is 1.08 bits per heavy atom. The van der Waals surface area contributed by atoms with Crippen molar-refractivity contribution in [2.45, 2.75) is 9.79 Å². The molecular weight excluding hydrogens is 354 g/mol. The molecule has 0 atom stereocenters. The summed E-state index contributed by atoms with van der Waals surface area (Å²) in [4.78, 5) is 19.0. The highest BCUT2D eigenvalue weighted by Crippen LogP contribution is 2.33. The number of rotatable bonds is 5. The van der Waals surface area contributed by atoms with Crippen molar-refractivity contribution in [3.8, 4) is 0 Å². The summed E-state index contributed by atoms with van der Waals surface area (Å²) < 4.78 is 0. The Balaban J connectivity index is 1.62. The fraction of sp³-hybridized carbons (Fsp3) is 0.316. The quantitative estimate of drug-likeness (QED) is 0.864. The fourth-order valence-electron chi connectivity index (χ4n) is 2.69. The monoisotopic (exact) mass is 375 g/mol. The number of hydrogen-bond acceptors (Lipinski definition) is 4. The topological polar surface area (TPSA) is 35.6 Å². The van der Waals surface area contributed by atoms with Crippen molar-refractivity contribution in [1.82, 2.24) is 9.80 Å². The number of benzene rings is 2. The van der Waals surface area contributed by atoms with E-state index in [1.54, 1.807) is 11.8 Å². The molecule has 2 aromatic rings. The Bertz CT molecular complexity index is 715. The van der Waals surface area contributed by atoms with Crippen molar-refractivity contribution < 1.29 is 4.79 Å². The maximum absolute atomic E-state index is 12.4. The third kappa shape index (κ3) is 5.47. The molecule has 25 heavy (non-hydrogen) atoms. The SMILES string of the molecule is CN1CCN(CC(=O)Nc2ccccc2Sc2ccc(Cl)cc2)CC1.